The van der Waals surface area contributed by atoms with Crippen molar-refractivity contribution in [2.75, 3.05) is 13.1 Å². The number of amides is 1. The number of carbonyl (C=O) groups is 1. The first-order valence-electron chi connectivity index (χ1n) is 5.25. The van der Waals surface area contributed by atoms with Gasteiger partial charge in [0, 0.05) is 10.5 Å². The predicted octanol–water partition coefficient (Wildman–Crippen LogP) is 2.33. The molecule has 3 nitrogen and oxygen atoms in total. The van der Waals surface area contributed by atoms with Gasteiger partial charge in [-0.2, -0.15) is 8.78 Å². The Morgan fingerprint density at radius 1 is 1.32 bits per heavy atom. The fourth-order valence-corrected chi connectivity index (χ4v) is 1.67. The van der Waals surface area contributed by atoms with Crippen molar-refractivity contribution < 1.29 is 22.4 Å². The molecule has 0 aliphatic carbocycles. The molecule has 8 heteroatoms. The molecule has 0 saturated carbocycles. The average Bonchev–Trinajstić information content (AvgIpc) is 2.36. The second-order valence-corrected chi connectivity index (χ2v) is 4.71. The lowest BCUT2D eigenvalue weighted by Gasteiger charge is -2.14. The molecule has 1 rings (SSSR count). The molecule has 0 unspecified atom stereocenters. The van der Waals surface area contributed by atoms with Crippen molar-refractivity contribution in [1.82, 2.24) is 5.32 Å². The minimum Gasteiger partial charge on any atom is -0.346 e. The smallest absolute Gasteiger partial charge is 0.288 e. The summed E-state index contributed by atoms with van der Waals surface area (Å²) in [7, 11) is 0. The first-order valence-corrected chi connectivity index (χ1v) is 6.13. The molecule has 0 aliphatic heterocycles. The van der Waals surface area contributed by atoms with Gasteiger partial charge in [0.25, 0.3) is 17.6 Å². The molecule has 0 heterocycles. The van der Waals surface area contributed by atoms with Gasteiger partial charge in [0.2, 0.25) is 0 Å². The number of alkyl halides is 4. The zero-order valence-electron chi connectivity index (χ0n) is 9.71. The third-order valence-corrected chi connectivity index (χ3v) is 2.87. The first kappa shape index (κ1) is 15.8. The molecular formula is C11H12F4N2OS. The third kappa shape index (κ3) is 5.48. The van der Waals surface area contributed by atoms with Crippen LogP contribution in [0.2, 0.25) is 0 Å². The van der Waals surface area contributed by atoms with E-state index >= 15 is 0 Å². The van der Waals surface area contributed by atoms with E-state index in [0.29, 0.717) is 16.7 Å². The second-order valence-electron chi connectivity index (χ2n) is 3.65. The van der Waals surface area contributed by atoms with Crippen LogP contribution >= 0.6 is 11.8 Å². The molecule has 1 amide bonds. The molecule has 3 N–H and O–H groups in total. The average molecular weight is 296 g/mol. The van der Waals surface area contributed by atoms with Crippen LogP contribution in [0.25, 0.3) is 0 Å². The number of halogens is 4. The summed E-state index contributed by atoms with van der Waals surface area (Å²) in [6, 6.07) is 5.24. The number of nitrogens with two attached hydrogens (primary N) is 1. The maximum Gasteiger partial charge on any atom is 0.288 e. The van der Waals surface area contributed by atoms with Gasteiger partial charge in [-0.1, -0.05) is 11.8 Å². The SMILES string of the molecule is NCC(F)(F)CNC(=O)c1ccc(SC(F)F)cc1. The maximum absolute atomic E-state index is 12.8. The van der Waals surface area contributed by atoms with E-state index in [2.05, 4.69) is 0 Å². The van der Waals surface area contributed by atoms with Gasteiger partial charge in [0.05, 0.1) is 13.1 Å². The van der Waals surface area contributed by atoms with Crippen LogP contribution in [0, 0.1) is 0 Å². The fraction of sp³-hybridized carbons (Fsp3) is 0.364. The van der Waals surface area contributed by atoms with Crippen molar-refractivity contribution in [3.05, 3.63) is 29.8 Å². The third-order valence-electron chi connectivity index (χ3n) is 2.15. The molecule has 0 aliphatic rings. The molecule has 0 aromatic heterocycles. The summed E-state index contributed by atoms with van der Waals surface area (Å²) in [5.41, 5.74) is 4.94. The van der Waals surface area contributed by atoms with E-state index in [-0.39, 0.29) is 5.56 Å². The van der Waals surface area contributed by atoms with E-state index in [0.717, 1.165) is 0 Å². The normalized spacial score (nSPS) is 11.7. The maximum atomic E-state index is 12.8. The summed E-state index contributed by atoms with van der Waals surface area (Å²) in [6.45, 7) is -1.73. The highest BCUT2D eigenvalue weighted by molar-refractivity contribution is 7.99. The van der Waals surface area contributed by atoms with Crippen molar-refractivity contribution in [3.63, 3.8) is 0 Å². The Hall–Kier alpha value is -1.28. The number of hydrogen-bond donors (Lipinski definition) is 2. The van der Waals surface area contributed by atoms with Gasteiger partial charge in [0.1, 0.15) is 0 Å². The molecule has 0 spiro atoms. The summed E-state index contributed by atoms with van der Waals surface area (Å²) < 4.78 is 49.7. The Labute approximate surface area is 111 Å². The van der Waals surface area contributed by atoms with E-state index in [1.165, 1.54) is 24.3 Å². The summed E-state index contributed by atoms with van der Waals surface area (Å²) in [5.74, 6) is -6.43. The summed E-state index contributed by atoms with van der Waals surface area (Å²) in [5, 5.41) is 2.03. The van der Waals surface area contributed by atoms with Gasteiger partial charge in [0.15, 0.2) is 0 Å². The number of thioether (sulfide) groups is 1. The number of nitrogens with one attached hydrogen (secondary N) is 1. The molecular weight excluding hydrogens is 284 g/mol. The molecule has 0 fully saturated rings. The van der Waals surface area contributed by atoms with Gasteiger partial charge in [-0.25, -0.2) is 8.78 Å². The highest BCUT2D eigenvalue weighted by atomic mass is 32.2. The topological polar surface area (TPSA) is 55.1 Å². The molecule has 106 valence electrons. The van der Waals surface area contributed by atoms with E-state index in [4.69, 9.17) is 5.73 Å². The summed E-state index contributed by atoms with van der Waals surface area (Å²) in [6.07, 6.45) is 0. The minimum atomic E-state index is -3.17. The quantitative estimate of drug-likeness (QED) is 0.626. The molecule has 1 aromatic rings. The number of benzene rings is 1. The summed E-state index contributed by atoms with van der Waals surface area (Å²) in [4.78, 5) is 11.8. The van der Waals surface area contributed by atoms with Crippen molar-refractivity contribution in [3.8, 4) is 0 Å². The lowest BCUT2D eigenvalue weighted by Crippen LogP contribution is -2.41. The van der Waals surface area contributed by atoms with Crippen molar-refractivity contribution in [1.29, 1.82) is 0 Å². The minimum absolute atomic E-state index is 0.117. The van der Waals surface area contributed by atoms with Crippen LogP contribution in [0.15, 0.2) is 29.2 Å². The standard InChI is InChI=1S/C11H12F4N2OS/c12-10(13)19-8-3-1-7(2-4-8)9(18)17-6-11(14,15)5-16/h1-4,10H,5-6,16H2,(H,17,18). The largest absolute Gasteiger partial charge is 0.346 e. The Bertz CT molecular complexity index is 425. The fourth-order valence-electron chi connectivity index (χ4n) is 1.17. The molecule has 0 saturated heterocycles. The van der Waals surface area contributed by atoms with Gasteiger partial charge in [-0.15, -0.1) is 0 Å². The van der Waals surface area contributed by atoms with Crippen molar-refractivity contribution in [2.24, 2.45) is 5.73 Å². The number of carbonyl (C=O) groups excluding carboxylic acids is 1. The highest BCUT2D eigenvalue weighted by Gasteiger charge is 2.27. The van der Waals surface area contributed by atoms with Gasteiger partial charge in [-0.05, 0) is 24.3 Å². The van der Waals surface area contributed by atoms with Crippen molar-refractivity contribution in [2.45, 2.75) is 16.6 Å². The molecule has 19 heavy (non-hydrogen) atoms. The Kier molecular flexibility index (Phi) is 5.61. The predicted molar refractivity (Wildman–Crippen MR) is 64.6 cm³/mol. The lowest BCUT2D eigenvalue weighted by atomic mass is 10.2. The van der Waals surface area contributed by atoms with E-state index < -0.39 is 30.7 Å². The van der Waals surface area contributed by atoms with E-state index in [1.54, 1.807) is 0 Å². The van der Waals surface area contributed by atoms with Crippen LogP contribution in [-0.4, -0.2) is 30.7 Å². The summed E-state index contributed by atoms with van der Waals surface area (Å²) >= 11 is 0.339. The molecule has 0 bridgehead atoms. The van der Waals surface area contributed by atoms with Crippen molar-refractivity contribution >= 4 is 17.7 Å². The van der Waals surface area contributed by atoms with E-state index in [1.807, 2.05) is 5.32 Å². The number of rotatable bonds is 6. The van der Waals surface area contributed by atoms with Crippen LogP contribution in [0.3, 0.4) is 0 Å². The zero-order chi connectivity index (χ0) is 14.5. The van der Waals surface area contributed by atoms with E-state index in [9.17, 15) is 22.4 Å². The molecule has 0 radical (unpaired) electrons. The van der Waals surface area contributed by atoms with Crippen LogP contribution in [0.1, 0.15) is 10.4 Å². The molecule has 1 aromatic carbocycles. The first-order chi connectivity index (χ1) is 8.84. The monoisotopic (exact) mass is 296 g/mol. The van der Waals surface area contributed by atoms with Gasteiger partial charge < -0.3 is 11.1 Å². The van der Waals surface area contributed by atoms with Crippen LogP contribution in [0.4, 0.5) is 17.6 Å². The number of hydrogen-bond acceptors (Lipinski definition) is 3. The lowest BCUT2D eigenvalue weighted by molar-refractivity contribution is 0.0118. The Morgan fingerprint density at radius 2 is 1.89 bits per heavy atom. The van der Waals surface area contributed by atoms with Crippen LogP contribution < -0.4 is 11.1 Å². The zero-order valence-corrected chi connectivity index (χ0v) is 10.5. The van der Waals surface area contributed by atoms with Crippen LogP contribution in [0.5, 0.6) is 0 Å². The van der Waals surface area contributed by atoms with Crippen LogP contribution in [-0.2, 0) is 0 Å². The van der Waals surface area contributed by atoms with Gasteiger partial charge >= 0.3 is 0 Å². The molecule has 0 atom stereocenters. The Balaban J connectivity index is 2.58. The second kappa shape index (κ2) is 6.76. The Morgan fingerprint density at radius 3 is 2.37 bits per heavy atom. The highest BCUT2D eigenvalue weighted by Crippen LogP contribution is 2.25. The van der Waals surface area contributed by atoms with Gasteiger partial charge in [-0.3, -0.25) is 4.79 Å².